The Morgan fingerprint density at radius 2 is 2.08 bits per heavy atom. The van der Waals surface area contributed by atoms with Crippen LogP contribution in [0.1, 0.15) is 33.6 Å². The van der Waals surface area contributed by atoms with Gasteiger partial charge in [0, 0.05) is 6.61 Å². The molecule has 0 fully saturated rings. The molecule has 0 aliphatic rings. The smallest absolute Gasteiger partial charge is 0.102 e. The van der Waals surface area contributed by atoms with E-state index in [4.69, 9.17) is 9.84 Å². The zero-order chi connectivity index (χ0) is 9.40. The van der Waals surface area contributed by atoms with E-state index < -0.39 is 6.23 Å². The minimum absolute atomic E-state index is 0.358. The van der Waals surface area contributed by atoms with E-state index in [0.717, 1.165) is 26.0 Å². The van der Waals surface area contributed by atoms with Crippen LogP contribution in [0.4, 0.5) is 0 Å². The Labute approximate surface area is 75.1 Å². The summed E-state index contributed by atoms with van der Waals surface area (Å²) in [5.74, 6) is 0. The van der Waals surface area contributed by atoms with E-state index in [2.05, 4.69) is 19.2 Å². The molecule has 12 heavy (non-hydrogen) atoms. The summed E-state index contributed by atoms with van der Waals surface area (Å²) in [6.45, 7) is 7.49. The number of hydrogen-bond donors (Lipinski definition) is 2. The first-order valence-electron chi connectivity index (χ1n) is 4.69. The van der Waals surface area contributed by atoms with Crippen molar-refractivity contribution in [1.29, 1.82) is 0 Å². The molecule has 0 saturated heterocycles. The fourth-order valence-corrected chi connectivity index (χ4v) is 0.785. The molecule has 0 heterocycles. The van der Waals surface area contributed by atoms with Crippen molar-refractivity contribution in [3.05, 3.63) is 0 Å². The minimum atomic E-state index is -0.409. The third-order valence-corrected chi connectivity index (χ3v) is 1.74. The topological polar surface area (TPSA) is 41.5 Å². The van der Waals surface area contributed by atoms with Gasteiger partial charge in [-0.1, -0.05) is 6.92 Å². The molecule has 0 rings (SSSR count). The van der Waals surface area contributed by atoms with Gasteiger partial charge in [0.15, 0.2) is 0 Å². The van der Waals surface area contributed by atoms with Crippen molar-refractivity contribution in [3.63, 3.8) is 0 Å². The van der Waals surface area contributed by atoms with Crippen LogP contribution >= 0.6 is 0 Å². The number of hydrogen-bond acceptors (Lipinski definition) is 3. The number of ether oxygens (including phenoxy) is 1. The van der Waals surface area contributed by atoms with Crippen molar-refractivity contribution in [2.24, 2.45) is 0 Å². The lowest BCUT2D eigenvalue weighted by atomic mass is 10.3. The molecule has 0 aromatic carbocycles. The van der Waals surface area contributed by atoms with Crippen LogP contribution in [0.15, 0.2) is 0 Å². The Morgan fingerprint density at radius 3 is 2.58 bits per heavy atom. The number of aliphatic hydroxyl groups is 1. The highest BCUT2D eigenvalue weighted by Gasteiger charge is 1.97. The average Bonchev–Trinajstić information content (AvgIpc) is 2.03. The molecule has 3 nitrogen and oxygen atoms in total. The van der Waals surface area contributed by atoms with Crippen molar-refractivity contribution >= 4 is 0 Å². The van der Waals surface area contributed by atoms with Gasteiger partial charge in [-0.25, -0.2) is 0 Å². The largest absolute Gasteiger partial charge is 0.379 e. The predicted octanol–water partition coefficient (Wildman–Crippen LogP) is 1.12. The van der Waals surface area contributed by atoms with Crippen LogP contribution in [-0.4, -0.2) is 30.6 Å². The summed E-state index contributed by atoms with van der Waals surface area (Å²) in [5.41, 5.74) is 0. The first kappa shape index (κ1) is 11.9. The van der Waals surface area contributed by atoms with Gasteiger partial charge in [-0.3, -0.25) is 5.32 Å². The molecule has 0 saturated carbocycles. The zero-order valence-corrected chi connectivity index (χ0v) is 8.34. The van der Waals surface area contributed by atoms with Gasteiger partial charge >= 0.3 is 0 Å². The molecule has 0 bridgehead atoms. The van der Waals surface area contributed by atoms with Gasteiger partial charge in [-0.2, -0.15) is 0 Å². The SMILES string of the molecule is CCC(C)OCCCNC(C)O. The number of rotatable bonds is 7. The molecule has 2 unspecified atom stereocenters. The van der Waals surface area contributed by atoms with E-state index in [1.54, 1.807) is 6.92 Å². The molecular formula is C9H21NO2. The molecule has 0 aromatic heterocycles. The predicted molar refractivity (Wildman–Crippen MR) is 50.0 cm³/mol. The van der Waals surface area contributed by atoms with E-state index in [0.29, 0.717) is 6.10 Å². The highest BCUT2D eigenvalue weighted by Crippen LogP contribution is 1.95. The molecule has 0 radical (unpaired) electrons. The van der Waals surface area contributed by atoms with Crippen LogP contribution in [0.2, 0.25) is 0 Å². The second kappa shape index (κ2) is 7.53. The molecule has 0 aliphatic carbocycles. The van der Waals surface area contributed by atoms with Crippen LogP contribution < -0.4 is 5.32 Å². The second-order valence-corrected chi connectivity index (χ2v) is 3.07. The average molecular weight is 175 g/mol. The molecular weight excluding hydrogens is 154 g/mol. The summed E-state index contributed by atoms with van der Waals surface area (Å²) >= 11 is 0. The van der Waals surface area contributed by atoms with Gasteiger partial charge < -0.3 is 9.84 Å². The van der Waals surface area contributed by atoms with Crippen molar-refractivity contribution in [3.8, 4) is 0 Å². The summed E-state index contributed by atoms with van der Waals surface area (Å²) in [7, 11) is 0. The van der Waals surface area contributed by atoms with Gasteiger partial charge in [-0.15, -0.1) is 0 Å². The maximum Gasteiger partial charge on any atom is 0.102 e. The van der Waals surface area contributed by atoms with E-state index in [1.165, 1.54) is 0 Å². The zero-order valence-electron chi connectivity index (χ0n) is 8.34. The third kappa shape index (κ3) is 7.98. The van der Waals surface area contributed by atoms with Crippen molar-refractivity contribution in [2.45, 2.75) is 45.9 Å². The lowest BCUT2D eigenvalue weighted by Gasteiger charge is -2.11. The number of aliphatic hydroxyl groups excluding tert-OH is 1. The maximum atomic E-state index is 8.86. The van der Waals surface area contributed by atoms with Crippen molar-refractivity contribution in [2.75, 3.05) is 13.2 Å². The van der Waals surface area contributed by atoms with E-state index >= 15 is 0 Å². The van der Waals surface area contributed by atoms with Crippen LogP contribution in [-0.2, 0) is 4.74 Å². The monoisotopic (exact) mass is 175 g/mol. The molecule has 2 atom stereocenters. The van der Waals surface area contributed by atoms with Gasteiger partial charge in [0.2, 0.25) is 0 Å². The fraction of sp³-hybridized carbons (Fsp3) is 1.00. The molecule has 74 valence electrons. The normalized spacial score (nSPS) is 16.0. The van der Waals surface area contributed by atoms with Gasteiger partial charge in [-0.05, 0) is 33.2 Å². The Bertz CT molecular complexity index is 96.5. The Hall–Kier alpha value is -0.120. The van der Waals surface area contributed by atoms with Gasteiger partial charge in [0.25, 0.3) is 0 Å². The molecule has 3 heteroatoms. The summed E-state index contributed by atoms with van der Waals surface area (Å²) < 4.78 is 5.45. The molecule has 0 amide bonds. The maximum absolute atomic E-state index is 8.86. The Kier molecular flexibility index (Phi) is 7.45. The second-order valence-electron chi connectivity index (χ2n) is 3.07. The van der Waals surface area contributed by atoms with Crippen LogP contribution in [0, 0.1) is 0 Å². The highest BCUT2D eigenvalue weighted by atomic mass is 16.5. The first-order valence-corrected chi connectivity index (χ1v) is 4.69. The summed E-state index contributed by atoms with van der Waals surface area (Å²) in [4.78, 5) is 0. The highest BCUT2D eigenvalue weighted by molar-refractivity contribution is 4.49. The van der Waals surface area contributed by atoms with Crippen molar-refractivity contribution in [1.82, 2.24) is 5.32 Å². The standard InChI is InChI=1S/C9H21NO2/c1-4-8(2)12-7-5-6-10-9(3)11/h8-11H,4-7H2,1-3H3. The van der Waals surface area contributed by atoms with Crippen LogP contribution in [0.25, 0.3) is 0 Å². The lowest BCUT2D eigenvalue weighted by Crippen LogP contribution is -2.27. The fourth-order valence-electron chi connectivity index (χ4n) is 0.785. The molecule has 2 N–H and O–H groups in total. The molecule has 0 spiro atoms. The van der Waals surface area contributed by atoms with E-state index in [1.807, 2.05) is 0 Å². The summed E-state index contributed by atoms with van der Waals surface area (Å²) in [6.07, 6.45) is 1.96. The van der Waals surface area contributed by atoms with Gasteiger partial charge in [0.05, 0.1) is 6.10 Å². The molecule has 0 aromatic rings. The van der Waals surface area contributed by atoms with E-state index in [-0.39, 0.29) is 0 Å². The van der Waals surface area contributed by atoms with Crippen LogP contribution in [0.3, 0.4) is 0 Å². The van der Waals surface area contributed by atoms with Gasteiger partial charge in [0.1, 0.15) is 6.23 Å². The molecule has 0 aliphatic heterocycles. The minimum Gasteiger partial charge on any atom is -0.379 e. The summed E-state index contributed by atoms with van der Waals surface area (Å²) in [6, 6.07) is 0. The quantitative estimate of drug-likeness (QED) is 0.450. The van der Waals surface area contributed by atoms with Crippen molar-refractivity contribution < 1.29 is 9.84 Å². The first-order chi connectivity index (χ1) is 5.66. The Morgan fingerprint density at radius 1 is 1.42 bits per heavy atom. The lowest BCUT2D eigenvalue weighted by molar-refractivity contribution is 0.0592. The summed E-state index contributed by atoms with van der Waals surface area (Å²) in [5, 5.41) is 11.8. The van der Waals surface area contributed by atoms with Crippen LogP contribution in [0.5, 0.6) is 0 Å². The van der Waals surface area contributed by atoms with E-state index in [9.17, 15) is 0 Å². The number of nitrogens with one attached hydrogen (secondary N) is 1. The Balaban J connectivity index is 3.00. The third-order valence-electron chi connectivity index (χ3n) is 1.74.